The number of rotatable bonds is 6. The van der Waals surface area contributed by atoms with Gasteiger partial charge in [-0.2, -0.15) is 0 Å². The first-order chi connectivity index (χ1) is 12.0. The molecule has 134 valence electrons. The number of nitrogens with zero attached hydrogens (tertiary/aromatic N) is 1. The lowest BCUT2D eigenvalue weighted by Crippen LogP contribution is -2.36. The van der Waals surface area contributed by atoms with Gasteiger partial charge in [-0.15, -0.1) is 0 Å². The lowest BCUT2D eigenvalue weighted by Gasteiger charge is -2.28. The first kappa shape index (κ1) is 18.4. The number of benzene rings is 2. The van der Waals surface area contributed by atoms with Gasteiger partial charge in [0.25, 0.3) is 0 Å². The van der Waals surface area contributed by atoms with Crippen molar-refractivity contribution < 1.29 is 8.42 Å². The highest BCUT2D eigenvalue weighted by atomic mass is 35.5. The average molecular weight is 379 g/mol. The molecule has 4 nitrogen and oxygen atoms in total. The summed E-state index contributed by atoms with van der Waals surface area (Å²) in [5, 5.41) is 0.239. The van der Waals surface area contributed by atoms with Crippen molar-refractivity contribution in [3.05, 3.63) is 64.7 Å². The molecule has 1 atom stereocenters. The van der Waals surface area contributed by atoms with E-state index in [1.165, 1.54) is 11.6 Å². The molecule has 0 amide bonds. The van der Waals surface area contributed by atoms with Crippen LogP contribution in [0.25, 0.3) is 0 Å². The largest absolute Gasteiger partial charge is 0.295 e. The smallest absolute Gasteiger partial charge is 0.242 e. The summed E-state index contributed by atoms with van der Waals surface area (Å²) in [5.74, 6) is 0. The van der Waals surface area contributed by atoms with Gasteiger partial charge >= 0.3 is 0 Å². The number of sulfonamides is 1. The summed E-state index contributed by atoms with van der Waals surface area (Å²) >= 11 is 6.06. The number of aryl methyl sites for hydroxylation is 1. The molecule has 2 aromatic carbocycles. The van der Waals surface area contributed by atoms with Gasteiger partial charge in [-0.1, -0.05) is 53.6 Å². The fraction of sp³-hybridized carbons (Fsp3) is 0.368. The minimum atomic E-state index is -3.64. The Kier molecular flexibility index (Phi) is 5.79. The lowest BCUT2D eigenvalue weighted by atomic mass is 10.0. The van der Waals surface area contributed by atoms with Crippen molar-refractivity contribution in [3.63, 3.8) is 0 Å². The summed E-state index contributed by atoms with van der Waals surface area (Å²) in [6.07, 6.45) is 2.30. The Balaban J connectivity index is 1.81. The van der Waals surface area contributed by atoms with Gasteiger partial charge < -0.3 is 0 Å². The third kappa shape index (κ3) is 4.42. The maximum Gasteiger partial charge on any atom is 0.242 e. The van der Waals surface area contributed by atoms with E-state index < -0.39 is 10.0 Å². The normalized spacial score (nSPS) is 16.9. The molecule has 0 bridgehead atoms. The van der Waals surface area contributed by atoms with Gasteiger partial charge in [0, 0.05) is 12.6 Å². The molecule has 0 spiro atoms. The second-order valence-electron chi connectivity index (χ2n) is 6.45. The zero-order valence-electron chi connectivity index (χ0n) is 14.3. The van der Waals surface area contributed by atoms with Crippen LogP contribution < -0.4 is 4.72 Å². The summed E-state index contributed by atoms with van der Waals surface area (Å²) in [7, 11) is -3.64. The van der Waals surface area contributed by atoms with E-state index in [9.17, 15) is 8.42 Å². The number of hydrogen-bond donors (Lipinski definition) is 1. The second-order valence-corrected chi connectivity index (χ2v) is 8.59. The molecule has 0 saturated carbocycles. The predicted octanol–water partition coefficient (Wildman–Crippen LogP) is 3.76. The highest BCUT2D eigenvalue weighted by Crippen LogP contribution is 2.26. The van der Waals surface area contributed by atoms with Crippen molar-refractivity contribution in [3.8, 4) is 0 Å². The van der Waals surface area contributed by atoms with Crippen molar-refractivity contribution in [1.82, 2.24) is 9.62 Å². The maximum absolute atomic E-state index is 12.6. The van der Waals surface area contributed by atoms with Gasteiger partial charge in [-0.3, -0.25) is 4.90 Å². The Hall–Kier alpha value is -1.40. The molecule has 1 aliphatic rings. The molecule has 1 saturated heterocycles. The van der Waals surface area contributed by atoms with Gasteiger partial charge in [0.1, 0.15) is 4.90 Å². The molecule has 0 radical (unpaired) electrons. The molecule has 0 aromatic heterocycles. The third-order valence-corrected chi connectivity index (χ3v) is 6.56. The van der Waals surface area contributed by atoms with Crippen molar-refractivity contribution >= 4 is 21.6 Å². The van der Waals surface area contributed by atoms with Gasteiger partial charge in [-0.25, -0.2) is 13.1 Å². The molecule has 1 aliphatic heterocycles. The van der Waals surface area contributed by atoms with E-state index in [-0.39, 0.29) is 16.0 Å². The Morgan fingerprint density at radius 1 is 1.08 bits per heavy atom. The van der Waals surface area contributed by atoms with Crippen LogP contribution >= 0.6 is 11.6 Å². The molecular formula is C19H23ClN2O2S. The van der Waals surface area contributed by atoms with E-state index in [2.05, 4.69) is 40.8 Å². The SMILES string of the molecule is Cc1ccc(C(CNS(=O)(=O)c2ccccc2Cl)N2CCCC2)cc1. The molecule has 2 aromatic rings. The summed E-state index contributed by atoms with van der Waals surface area (Å²) in [6, 6.07) is 14.9. The highest BCUT2D eigenvalue weighted by Gasteiger charge is 2.26. The van der Waals surface area contributed by atoms with Crippen LogP contribution in [-0.2, 0) is 10.0 Å². The van der Waals surface area contributed by atoms with Crippen LogP contribution in [0.3, 0.4) is 0 Å². The monoisotopic (exact) mass is 378 g/mol. The molecule has 1 unspecified atom stereocenters. The number of hydrogen-bond acceptors (Lipinski definition) is 3. The Bertz CT molecular complexity index is 816. The van der Waals surface area contributed by atoms with Crippen LogP contribution in [0, 0.1) is 6.92 Å². The van der Waals surface area contributed by atoms with Crippen LogP contribution in [0.4, 0.5) is 0 Å². The van der Waals surface area contributed by atoms with Crippen LogP contribution in [0.1, 0.15) is 30.0 Å². The molecule has 3 rings (SSSR count). The van der Waals surface area contributed by atoms with Gasteiger partial charge in [0.15, 0.2) is 0 Å². The Morgan fingerprint density at radius 3 is 2.36 bits per heavy atom. The van der Waals surface area contributed by atoms with E-state index >= 15 is 0 Å². The quantitative estimate of drug-likeness (QED) is 0.832. The van der Waals surface area contributed by atoms with E-state index in [4.69, 9.17) is 11.6 Å². The van der Waals surface area contributed by atoms with Crippen LogP contribution in [0.2, 0.25) is 5.02 Å². The summed E-state index contributed by atoms with van der Waals surface area (Å²) in [5.41, 5.74) is 2.33. The number of halogens is 1. The zero-order valence-corrected chi connectivity index (χ0v) is 15.9. The van der Waals surface area contributed by atoms with E-state index in [0.717, 1.165) is 31.5 Å². The topological polar surface area (TPSA) is 49.4 Å². The van der Waals surface area contributed by atoms with Crippen molar-refractivity contribution in [2.75, 3.05) is 19.6 Å². The molecule has 0 aliphatic carbocycles. The van der Waals surface area contributed by atoms with Gasteiger partial charge in [0.2, 0.25) is 10.0 Å². The average Bonchev–Trinajstić information content (AvgIpc) is 3.11. The second kappa shape index (κ2) is 7.87. The standard InChI is InChI=1S/C19H23ClN2O2S/c1-15-8-10-16(11-9-15)18(22-12-4-5-13-22)14-21-25(23,24)19-7-3-2-6-17(19)20/h2-3,6-11,18,21H,4-5,12-14H2,1H3. The van der Waals surface area contributed by atoms with Crippen molar-refractivity contribution in [1.29, 1.82) is 0 Å². The van der Waals surface area contributed by atoms with Gasteiger partial charge in [-0.05, 0) is 50.6 Å². The molecular weight excluding hydrogens is 356 g/mol. The van der Waals surface area contributed by atoms with Crippen LogP contribution in [0.15, 0.2) is 53.4 Å². The summed E-state index contributed by atoms with van der Waals surface area (Å²) in [4.78, 5) is 2.47. The Labute approximate surface area is 154 Å². The van der Waals surface area contributed by atoms with E-state index in [1.54, 1.807) is 18.2 Å². The Morgan fingerprint density at radius 2 is 1.72 bits per heavy atom. The zero-order chi connectivity index (χ0) is 17.9. The first-order valence-electron chi connectivity index (χ1n) is 8.52. The highest BCUT2D eigenvalue weighted by molar-refractivity contribution is 7.89. The molecule has 1 fully saturated rings. The fourth-order valence-electron chi connectivity index (χ4n) is 3.23. The van der Waals surface area contributed by atoms with Crippen LogP contribution in [-0.4, -0.2) is 33.0 Å². The minimum absolute atomic E-state index is 0.0281. The molecule has 25 heavy (non-hydrogen) atoms. The van der Waals surface area contributed by atoms with E-state index in [0.29, 0.717) is 6.54 Å². The fourth-order valence-corrected chi connectivity index (χ4v) is 4.78. The number of likely N-dealkylation sites (tertiary alicyclic amines) is 1. The molecule has 1 N–H and O–H groups in total. The maximum atomic E-state index is 12.6. The predicted molar refractivity (Wildman–Crippen MR) is 101 cm³/mol. The summed E-state index contributed by atoms with van der Waals surface area (Å²) in [6.45, 7) is 4.37. The van der Waals surface area contributed by atoms with Crippen molar-refractivity contribution in [2.45, 2.75) is 30.7 Å². The molecule has 6 heteroatoms. The lowest BCUT2D eigenvalue weighted by molar-refractivity contribution is 0.246. The third-order valence-electron chi connectivity index (χ3n) is 4.64. The van der Waals surface area contributed by atoms with Crippen molar-refractivity contribution in [2.24, 2.45) is 0 Å². The van der Waals surface area contributed by atoms with E-state index in [1.807, 2.05) is 0 Å². The van der Waals surface area contributed by atoms with Crippen LogP contribution in [0.5, 0.6) is 0 Å². The summed E-state index contributed by atoms with van der Waals surface area (Å²) < 4.78 is 28.0. The van der Waals surface area contributed by atoms with Gasteiger partial charge in [0.05, 0.1) is 5.02 Å². The minimum Gasteiger partial charge on any atom is -0.295 e. The molecule has 1 heterocycles. The number of nitrogens with one attached hydrogen (secondary N) is 1. The first-order valence-corrected chi connectivity index (χ1v) is 10.4.